The van der Waals surface area contributed by atoms with Gasteiger partial charge >= 0.3 is 0 Å². The maximum absolute atomic E-state index is 9.60. The van der Waals surface area contributed by atoms with Crippen LogP contribution in [0, 0.1) is 0 Å². The molecule has 2 rings (SSSR count). The summed E-state index contributed by atoms with van der Waals surface area (Å²) in [6.07, 6.45) is 27.5. The molecule has 2 unspecified atom stereocenters. The van der Waals surface area contributed by atoms with E-state index in [0.717, 1.165) is 25.3 Å². The van der Waals surface area contributed by atoms with Crippen molar-refractivity contribution in [3.63, 3.8) is 0 Å². The molecule has 1 aliphatic heterocycles. The first kappa shape index (κ1) is 32.6. The van der Waals surface area contributed by atoms with Gasteiger partial charge in [0.25, 0.3) is 0 Å². The normalized spacial score (nSPS) is 19.4. The van der Waals surface area contributed by atoms with Gasteiger partial charge in [-0.1, -0.05) is 114 Å². The number of benzene rings is 1. The Morgan fingerprint density at radius 3 is 2.06 bits per heavy atom. The molecular weight excluding hydrogens is 464 g/mol. The first-order valence-electron chi connectivity index (χ1n) is 14.6. The smallest absolute Gasteiger partial charge is 0.205 e. The largest absolute Gasteiger partial charge is 1.00 e. The lowest BCUT2D eigenvalue weighted by Crippen LogP contribution is -3.00. The van der Waals surface area contributed by atoms with Crippen LogP contribution in [0.3, 0.4) is 0 Å². The summed E-state index contributed by atoms with van der Waals surface area (Å²) in [4.78, 5) is 5.06. The highest BCUT2D eigenvalue weighted by Crippen LogP contribution is 2.28. The lowest BCUT2D eigenvalue weighted by molar-refractivity contribution is -0.799. The van der Waals surface area contributed by atoms with Gasteiger partial charge in [-0.2, -0.15) is 0 Å². The van der Waals surface area contributed by atoms with Gasteiger partial charge in [-0.3, -0.25) is 0 Å². The second kappa shape index (κ2) is 20.6. The van der Waals surface area contributed by atoms with E-state index in [1.165, 1.54) is 95.5 Å². The van der Waals surface area contributed by atoms with E-state index in [9.17, 15) is 5.11 Å². The zero-order valence-corrected chi connectivity index (χ0v) is 23.8. The van der Waals surface area contributed by atoms with Crippen LogP contribution in [0.4, 0.5) is 0 Å². The Kier molecular flexibility index (Phi) is 18.7. The summed E-state index contributed by atoms with van der Waals surface area (Å²) in [5.74, 6) is 1.10. The van der Waals surface area contributed by atoms with E-state index in [1.54, 1.807) is 0 Å². The Balaban J connectivity index is 0.00000648. The van der Waals surface area contributed by atoms with Gasteiger partial charge in [0, 0.05) is 5.56 Å². The number of halogens is 1. The Bertz CT molecular complexity index is 733. The molecular formula is C32H53ClN2O. The van der Waals surface area contributed by atoms with Crippen LogP contribution in [-0.2, 0) is 6.54 Å². The number of hydrogen-bond donors (Lipinski definition) is 1. The average molecular weight is 517 g/mol. The summed E-state index contributed by atoms with van der Waals surface area (Å²) < 4.78 is 0.696. The van der Waals surface area contributed by atoms with E-state index in [0.29, 0.717) is 16.9 Å². The van der Waals surface area contributed by atoms with Gasteiger partial charge in [0.15, 0.2) is 0 Å². The molecule has 0 bridgehead atoms. The number of amidine groups is 1. The van der Waals surface area contributed by atoms with Crippen molar-refractivity contribution < 1.29 is 22.0 Å². The van der Waals surface area contributed by atoms with Crippen LogP contribution in [-0.4, -0.2) is 34.6 Å². The fraction of sp³-hybridized carbons (Fsp3) is 0.656. The number of hydrogen-bond acceptors (Lipinski definition) is 2. The molecule has 1 aromatic rings. The fourth-order valence-corrected chi connectivity index (χ4v) is 5.33. The summed E-state index contributed by atoms with van der Waals surface area (Å²) in [6.45, 7) is 8.47. The Labute approximate surface area is 228 Å². The molecule has 1 aliphatic rings. The molecule has 0 radical (unpaired) electrons. The Morgan fingerprint density at radius 2 is 1.47 bits per heavy atom. The van der Waals surface area contributed by atoms with Crippen LogP contribution >= 0.6 is 0 Å². The van der Waals surface area contributed by atoms with Gasteiger partial charge in [0.05, 0.1) is 19.2 Å². The number of rotatable bonds is 21. The van der Waals surface area contributed by atoms with Crippen molar-refractivity contribution in [1.82, 2.24) is 0 Å². The molecule has 3 nitrogen and oxygen atoms in total. The van der Waals surface area contributed by atoms with Crippen LogP contribution in [0.15, 0.2) is 60.3 Å². The minimum absolute atomic E-state index is 0. The SMILES string of the molecule is C=C[N+]1(Cc2ccccc2)CC(CCCCCCCC/C=C\CCCCCCCC)N=C1CCO.[Cl-]. The third kappa shape index (κ3) is 12.7. The molecule has 4 heteroatoms. The zero-order chi connectivity index (χ0) is 25.0. The molecule has 1 N–H and O–H groups in total. The summed E-state index contributed by atoms with van der Waals surface area (Å²) in [5, 5.41) is 9.60. The molecule has 1 aromatic carbocycles. The van der Waals surface area contributed by atoms with Gasteiger partial charge in [-0.25, -0.2) is 9.48 Å². The van der Waals surface area contributed by atoms with E-state index in [-0.39, 0.29) is 19.0 Å². The third-order valence-electron chi connectivity index (χ3n) is 7.42. The van der Waals surface area contributed by atoms with Crippen molar-refractivity contribution in [2.75, 3.05) is 13.2 Å². The molecule has 36 heavy (non-hydrogen) atoms. The van der Waals surface area contributed by atoms with Gasteiger partial charge in [-0.15, -0.1) is 0 Å². The van der Waals surface area contributed by atoms with Crippen molar-refractivity contribution in [2.45, 2.75) is 122 Å². The molecule has 0 amide bonds. The Morgan fingerprint density at radius 1 is 0.889 bits per heavy atom. The van der Waals surface area contributed by atoms with Crippen LogP contribution < -0.4 is 12.4 Å². The Hall–Kier alpha value is -1.42. The van der Waals surface area contributed by atoms with Gasteiger partial charge in [-0.05, 0) is 38.7 Å². The maximum Gasteiger partial charge on any atom is 0.205 e. The number of aliphatic hydroxyl groups is 1. The lowest BCUT2D eigenvalue weighted by atomic mass is 10.0. The lowest BCUT2D eigenvalue weighted by Gasteiger charge is -2.31. The van der Waals surface area contributed by atoms with E-state index in [2.05, 4.69) is 56.0 Å². The van der Waals surface area contributed by atoms with Crippen molar-refractivity contribution >= 4 is 5.84 Å². The minimum Gasteiger partial charge on any atom is -1.00 e. The monoisotopic (exact) mass is 516 g/mol. The molecule has 2 atom stereocenters. The topological polar surface area (TPSA) is 32.6 Å². The number of aliphatic imine (C=N–C) groups is 1. The van der Waals surface area contributed by atoms with Crippen molar-refractivity contribution in [3.05, 3.63) is 60.8 Å². The zero-order valence-electron chi connectivity index (χ0n) is 23.1. The number of unbranched alkanes of at least 4 members (excludes halogenated alkanes) is 12. The van der Waals surface area contributed by atoms with E-state index < -0.39 is 0 Å². The van der Waals surface area contributed by atoms with E-state index in [1.807, 2.05) is 6.20 Å². The predicted molar refractivity (Wildman–Crippen MR) is 152 cm³/mol. The molecule has 0 aromatic heterocycles. The molecule has 0 aliphatic carbocycles. The maximum atomic E-state index is 9.60. The standard InChI is InChI=1S/C32H53N2O.ClH/c1-3-5-6-7-8-9-10-11-12-13-14-15-16-17-18-22-25-31-29-34(4-2,32(33-31)26-27-35)28-30-23-20-19-21-24-30;/h4,11-12,19-21,23-24,31,35H,2-3,5-10,13-18,22,25-29H2,1H3;1H/q+1;/p-1/b12-11-;. The van der Waals surface area contributed by atoms with Crippen molar-refractivity contribution in [2.24, 2.45) is 4.99 Å². The van der Waals surface area contributed by atoms with Gasteiger partial charge in [0.2, 0.25) is 5.84 Å². The molecule has 1 heterocycles. The summed E-state index contributed by atoms with van der Waals surface area (Å²) in [7, 11) is 0. The highest BCUT2D eigenvalue weighted by Gasteiger charge is 2.40. The number of allylic oxidation sites excluding steroid dienone is 2. The highest BCUT2D eigenvalue weighted by molar-refractivity contribution is 5.78. The van der Waals surface area contributed by atoms with Crippen LogP contribution in [0.25, 0.3) is 0 Å². The summed E-state index contributed by atoms with van der Waals surface area (Å²) in [5.41, 5.74) is 1.30. The number of quaternary nitrogens is 1. The third-order valence-corrected chi connectivity index (χ3v) is 7.42. The second-order valence-electron chi connectivity index (χ2n) is 10.4. The minimum atomic E-state index is 0. The van der Waals surface area contributed by atoms with Crippen molar-refractivity contribution in [1.29, 1.82) is 0 Å². The summed E-state index contributed by atoms with van der Waals surface area (Å²) >= 11 is 0. The molecule has 0 saturated heterocycles. The van der Waals surface area contributed by atoms with Crippen LogP contribution in [0.2, 0.25) is 0 Å². The van der Waals surface area contributed by atoms with E-state index >= 15 is 0 Å². The predicted octanol–water partition coefficient (Wildman–Crippen LogP) is 5.74. The van der Waals surface area contributed by atoms with Crippen molar-refractivity contribution in [3.8, 4) is 0 Å². The average Bonchev–Trinajstić information content (AvgIpc) is 3.21. The molecule has 0 saturated carbocycles. The second-order valence-corrected chi connectivity index (χ2v) is 10.4. The van der Waals surface area contributed by atoms with Gasteiger partial charge in [0.1, 0.15) is 19.1 Å². The fourth-order valence-electron chi connectivity index (χ4n) is 5.33. The molecule has 0 fully saturated rings. The first-order valence-corrected chi connectivity index (χ1v) is 14.6. The van der Waals surface area contributed by atoms with Gasteiger partial charge < -0.3 is 17.5 Å². The first-order chi connectivity index (χ1) is 17.2. The number of nitrogens with zero attached hydrogens (tertiary/aromatic N) is 2. The quantitative estimate of drug-likeness (QED) is 0.126. The number of aliphatic hydroxyl groups excluding tert-OH is 1. The van der Waals surface area contributed by atoms with Crippen LogP contribution in [0.5, 0.6) is 0 Å². The summed E-state index contributed by atoms with van der Waals surface area (Å²) in [6, 6.07) is 11.0. The highest BCUT2D eigenvalue weighted by atomic mass is 35.5. The molecule has 0 spiro atoms. The van der Waals surface area contributed by atoms with E-state index in [4.69, 9.17) is 4.99 Å². The molecule has 204 valence electrons. The van der Waals surface area contributed by atoms with Crippen LogP contribution in [0.1, 0.15) is 115 Å².